The second-order valence-electron chi connectivity index (χ2n) is 7.92. The van der Waals surface area contributed by atoms with Crippen molar-refractivity contribution in [3.63, 3.8) is 0 Å². The van der Waals surface area contributed by atoms with Gasteiger partial charge >= 0.3 is 6.18 Å². The van der Waals surface area contributed by atoms with Crippen molar-refractivity contribution in [3.8, 4) is 0 Å². The van der Waals surface area contributed by atoms with Crippen molar-refractivity contribution in [2.24, 2.45) is 0 Å². The van der Waals surface area contributed by atoms with Crippen LogP contribution in [-0.2, 0) is 20.6 Å². The molecule has 1 N–H and O–H groups in total. The van der Waals surface area contributed by atoms with Crippen LogP contribution in [0.5, 0.6) is 0 Å². The Hall–Kier alpha value is -3.18. The number of hydrogen-bond acceptors (Lipinski definition) is 5. The molecule has 182 valence electrons. The van der Waals surface area contributed by atoms with E-state index in [2.05, 4.69) is 5.32 Å². The highest BCUT2D eigenvalue weighted by Gasteiger charge is 2.42. The molecule has 11 heteroatoms. The van der Waals surface area contributed by atoms with Gasteiger partial charge in [0.15, 0.2) is 0 Å². The number of thioether (sulfide) groups is 1. The summed E-state index contributed by atoms with van der Waals surface area (Å²) in [7, 11) is 0. The van der Waals surface area contributed by atoms with Gasteiger partial charge in [0.05, 0.1) is 21.7 Å². The first-order valence-corrected chi connectivity index (χ1v) is 12.0. The molecule has 3 amide bonds. The van der Waals surface area contributed by atoms with Crippen molar-refractivity contribution in [2.45, 2.75) is 25.9 Å². The smallest absolute Gasteiger partial charge is 0.325 e. The highest BCUT2D eigenvalue weighted by atomic mass is 32.2. The number of nitrogens with one attached hydrogen (secondary N) is 1. The lowest BCUT2D eigenvalue weighted by Gasteiger charge is -2.17. The van der Waals surface area contributed by atoms with E-state index in [9.17, 15) is 27.6 Å². The van der Waals surface area contributed by atoms with Gasteiger partial charge in [0.1, 0.15) is 10.9 Å². The quantitative estimate of drug-likeness (QED) is 0.427. The largest absolute Gasteiger partial charge is 0.416 e. The fourth-order valence-electron chi connectivity index (χ4n) is 3.83. The molecular weight excluding hydrogens is 499 g/mol. The summed E-state index contributed by atoms with van der Waals surface area (Å²) in [5.41, 5.74) is 0.168. The van der Waals surface area contributed by atoms with E-state index in [-0.39, 0.29) is 22.1 Å². The van der Waals surface area contributed by atoms with E-state index >= 15 is 0 Å². The summed E-state index contributed by atoms with van der Waals surface area (Å²) in [6, 6.07) is 11.0. The van der Waals surface area contributed by atoms with Crippen LogP contribution >= 0.6 is 24.0 Å². The number of fused-ring (bicyclic) bond motifs is 1. The number of hydrogen-bond donors (Lipinski definition) is 1. The van der Waals surface area contributed by atoms with Crippen LogP contribution in [0.25, 0.3) is 5.57 Å². The van der Waals surface area contributed by atoms with Gasteiger partial charge in [0.2, 0.25) is 5.91 Å². The summed E-state index contributed by atoms with van der Waals surface area (Å²) < 4.78 is 39.3. The Morgan fingerprint density at radius 3 is 2.51 bits per heavy atom. The average Bonchev–Trinajstić information content (AvgIpc) is 3.24. The van der Waals surface area contributed by atoms with Gasteiger partial charge in [-0.15, -0.1) is 0 Å². The number of para-hydroxylation sites is 1. The molecule has 6 nitrogen and oxygen atoms in total. The highest BCUT2D eigenvalue weighted by Crippen LogP contribution is 2.44. The average molecular weight is 520 g/mol. The number of rotatable bonds is 6. The van der Waals surface area contributed by atoms with E-state index in [1.165, 1.54) is 21.9 Å². The Morgan fingerprint density at radius 2 is 1.80 bits per heavy atom. The SMILES string of the molecule is CCCCN1C(=O)/C(=C2\C(=O)N(CC(=O)Nc3cccc(C(F)(F)F)c3)c3ccccc32)SC1=S. The second-order valence-corrected chi connectivity index (χ2v) is 9.56. The fraction of sp³-hybridized carbons (Fsp3) is 0.250. The molecule has 2 aromatic carbocycles. The molecule has 0 saturated carbocycles. The Balaban J connectivity index is 1.60. The maximum Gasteiger partial charge on any atom is 0.416 e. The molecule has 0 aromatic heterocycles. The Kier molecular flexibility index (Phi) is 7.00. The zero-order valence-electron chi connectivity index (χ0n) is 18.5. The zero-order chi connectivity index (χ0) is 25.3. The van der Waals surface area contributed by atoms with Crippen molar-refractivity contribution in [1.82, 2.24) is 4.90 Å². The van der Waals surface area contributed by atoms with Crippen LogP contribution in [-0.4, -0.2) is 40.0 Å². The van der Waals surface area contributed by atoms with Crippen molar-refractivity contribution in [3.05, 3.63) is 64.6 Å². The van der Waals surface area contributed by atoms with Crippen LogP contribution in [0.15, 0.2) is 53.4 Å². The third-order valence-electron chi connectivity index (χ3n) is 5.51. The van der Waals surface area contributed by atoms with Crippen LogP contribution < -0.4 is 10.2 Å². The lowest BCUT2D eigenvalue weighted by Crippen LogP contribution is -2.35. The first-order chi connectivity index (χ1) is 16.6. The Labute approximate surface area is 209 Å². The highest BCUT2D eigenvalue weighted by molar-refractivity contribution is 8.26. The second kappa shape index (κ2) is 9.82. The molecule has 2 aliphatic heterocycles. The van der Waals surface area contributed by atoms with E-state index < -0.39 is 30.1 Å². The standard InChI is InChI=1S/C24H20F3N3O3S2/c1-2-3-11-29-22(33)20(35-23(29)34)19-16-9-4-5-10-17(16)30(21(19)32)13-18(31)28-15-8-6-7-14(12-15)24(25,26)27/h4-10,12H,2-3,11,13H2,1H3,(H,28,31)/b20-19+. The summed E-state index contributed by atoms with van der Waals surface area (Å²) in [6.07, 6.45) is -2.91. The van der Waals surface area contributed by atoms with E-state index in [0.717, 1.165) is 36.7 Å². The van der Waals surface area contributed by atoms with E-state index in [1.54, 1.807) is 24.3 Å². The molecule has 4 rings (SSSR count). The molecular formula is C24H20F3N3O3S2. The molecule has 2 heterocycles. The lowest BCUT2D eigenvalue weighted by molar-refractivity contribution is -0.137. The predicted molar refractivity (Wildman–Crippen MR) is 133 cm³/mol. The van der Waals surface area contributed by atoms with Crippen LogP contribution in [0.3, 0.4) is 0 Å². The summed E-state index contributed by atoms with van der Waals surface area (Å²) in [5, 5.41) is 2.41. The maximum absolute atomic E-state index is 13.4. The molecule has 2 aromatic rings. The number of carbonyl (C=O) groups excluding carboxylic acids is 3. The molecule has 0 unspecified atom stereocenters. The molecule has 35 heavy (non-hydrogen) atoms. The number of alkyl halides is 3. The third kappa shape index (κ3) is 4.96. The normalized spacial score (nSPS) is 17.9. The van der Waals surface area contributed by atoms with E-state index in [0.29, 0.717) is 22.1 Å². The zero-order valence-corrected chi connectivity index (χ0v) is 20.1. The van der Waals surface area contributed by atoms with Crippen LogP contribution in [0.4, 0.5) is 24.5 Å². The summed E-state index contributed by atoms with van der Waals surface area (Å²) >= 11 is 6.41. The number of unbranched alkanes of at least 4 members (excludes halogenated alkanes) is 1. The number of anilines is 2. The Bertz CT molecular complexity index is 1260. The number of amides is 3. The minimum Gasteiger partial charge on any atom is -0.325 e. The van der Waals surface area contributed by atoms with Gasteiger partial charge in [-0.2, -0.15) is 13.2 Å². The summed E-state index contributed by atoms with van der Waals surface area (Å²) in [4.78, 5) is 42.1. The number of halogens is 3. The van der Waals surface area contributed by atoms with Gasteiger partial charge in [-0.1, -0.05) is 61.6 Å². The van der Waals surface area contributed by atoms with Gasteiger partial charge in [0, 0.05) is 17.8 Å². The van der Waals surface area contributed by atoms with Crippen LogP contribution in [0.1, 0.15) is 30.9 Å². The topological polar surface area (TPSA) is 69.7 Å². The molecule has 0 bridgehead atoms. The minimum atomic E-state index is -4.55. The van der Waals surface area contributed by atoms with Crippen molar-refractivity contribution < 1.29 is 27.6 Å². The van der Waals surface area contributed by atoms with Gasteiger partial charge in [-0.05, 0) is 30.7 Å². The summed E-state index contributed by atoms with van der Waals surface area (Å²) in [6.45, 7) is 2.01. The molecule has 2 aliphatic rings. The molecule has 1 saturated heterocycles. The molecule has 0 aliphatic carbocycles. The van der Waals surface area contributed by atoms with Gasteiger partial charge in [-0.25, -0.2) is 0 Å². The van der Waals surface area contributed by atoms with Crippen molar-refractivity contribution >= 4 is 63.0 Å². The fourth-order valence-corrected chi connectivity index (χ4v) is 5.21. The van der Waals surface area contributed by atoms with Gasteiger partial charge in [-0.3, -0.25) is 24.2 Å². The molecule has 1 fully saturated rings. The minimum absolute atomic E-state index is 0.0400. The number of benzene rings is 2. The summed E-state index contributed by atoms with van der Waals surface area (Å²) in [5.74, 6) is -1.56. The Morgan fingerprint density at radius 1 is 1.06 bits per heavy atom. The lowest BCUT2D eigenvalue weighted by atomic mass is 10.1. The first-order valence-electron chi connectivity index (χ1n) is 10.8. The van der Waals surface area contributed by atoms with Crippen LogP contribution in [0.2, 0.25) is 0 Å². The van der Waals surface area contributed by atoms with Gasteiger partial charge in [0.25, 0.3) is 11.8 Å². The van der Waals surface area contributed by atoms with Crippen molar-refractivity contribution in [2.75, 3.05) is 23.3 Å². The maximum atomic E-state index is 13.4. The van der Waals surface area contributed by atoms with Gasteiger partial charge < -0.3 is 5.32 Å². The van der Waals surface area contributed by atoms with Crippen LogP contribution in [0, 0.1) is 0 Å². The van der Waals surface area contributed by atoms with Crippen molar-refractivity contribution in [1.29, 1.82) is 0 Å². The number of nitrogens with zero attached hydrogens (tertiary/aromatic N) is 2. The third-order valence-corrected chi connectivity index (χ3v) is 6.96. The first kappa shape index (κ1) is 24.9. The number of carbonyl (C=O) groups is 3. The molecule has 0 spiro atoms. The molecule has 0 atom stereocenters. The van der Waals surface area contributed by atoms with E-state index in [4.69, 9.17) is 12.2 Å². The number of thiocarbonyl (C=S) groups is 1. The monoisotopic (exact) mass is 519 g/mol. The molecule has 0 radical (unpaired) electrons. The van der Waals surface area contributed by atoms with E-state index in [1.807, 2.05) is 6.92 Å². The predicted octanol–water partition coefficient (Wildman–Crippen LogP) is 5.06.